The van der Waals surface area contributed by atoms with E-state index in [4.69, 9.17) is 5.73 Å². The number of carbonyl (C=O) groups is 1. The van der Waals surface area contributed by atoms with Crippen LogP contribution in [0.3, 0.4) is 0 Å². The van der Waals surface area contributed by atoms with E-state index in [1.54, 1.807) is 0 Å². The van der Waals surface area contributed by atoms with Crippen molar-refractivity contribution in [1.29, 1.82) is 0 Å². The quantitative estimate of drug-likeness (QED) is 0.381. The Morgan fingerprint density at radius 2 is 2.08 bits per heavy atom. The molecule has 0 saturated heterocycles. The number of primary amides is 1. The lowest BCUT2D eigenvalue weighted by Crippen LogP contribution is -2.19. The van der Waals surface area contributed by atoms with Gasteiger partial charge in [0.2, 0.25) is 0 Å². The van der Waals surface area contributed by atoms with Crippen molar-refractivity contribution in [1.82, 2.24) is 0 Å². The molecule has 5 nitrogen and oxygen atoms in total. The Balaban J connectivity index is 4.18. The average molecular weight is 207 g/mol. The molecule has 0 aromatic carbocycles. The number of nitrogens with two attached hydrogens (primary N) is 1. The SMILES string of the molecule is C=C(OS(=O)(=O)CCCC)C(N)=O. The zero-order valence-corrected chi connectivity index (χ0v) is 8.26. The molecule has 76 valence electrons. The normalized spacial score (nSPS) is 10.8. The summed E-state index contributed by atoms with van der Waals surface area (Å²) in [5, 5.41) is 0. The lowest BCUT2D eigenvalue weighted by Gasteiger charge is -2.05. The van der Waals surface area contributed by atoms with Crippen LogP contribution in [0.25, 0.3) is 0 Å². The first-order valence-electron chi connectivity index (χ1n) is 3.80. The standard InChI is InChI=1S/C7H13NO4S/c1-3-4-5-13(10,11)12-6(2)7(8)9/h2-5H2,1H3,(H2,8,9). The van der Waals surface area contributed by atoms with Gasteiger partial charge in [0.05, 0.1) is 5.75 Å². The third-order valence-corrected chi connectivity index (χ3v) is 2.49. The van der Waals surface area contributed by atoms with Gasteiger partial charge in [-0.2, -0.15) is 8.42 Å². The third kappa shape index (κ3) is 5.24. The number of hydrogen-bond donors (Lipinski definition) is 1. The van der Waals surface area contributed by atoms with Gasteiger partial charge in [0.25, 0.3) is 5.91 Å². The van der Waals surface area contributed by atoms with E-state index in [1.165, 1.54) is 0 Å². The van der Waals surface area contributed by atoms with Crippen LogP contribution in [0.4, 0.5) is 0 Å². The first-order chi connectivity index (χ1) is 5.89. The number of amides is 1. The van der Waals surface area contributed by atoms with E-state index < -0.39 is 21.8 Å². The molecule has 0 fully saturated rings. The molecule has 2 N–H and O–H groups in total. The Morgan fingerprint density at radius 3 is 2.46 bits per heavy atom. The van der Waals surface area contributed by atoms with Crippen LogP contribution in [0.2, 0.25) is 0 Å². The van der Waals surface area contributed by atoms with Crippen molar-refractivity contribution < 1.29 is 17.4 Å². The highest BCUT2D eigenvalue weighted by Crippen LogP contribution is 2.04. The molecule has 0 aliphatic rings. The van der Waals surface area contributed by atoms with Crippen molar-refractivity contribution in [2.45, 2.75) is 19.8 Å². The second kappa shape index (κ2) is 4.86. The molecule has 0 spiro atoms. The van der Waals surface area contributed by atoms with Gasteiger partial charge in [0.15, 0.2) is 5.76 Å². The molecule has 0 aromatic heterocycles. The molecule has 0 unspecified atom stereocenters. The average Bonchev–Trinajstić information content (AvgIpc) is 2.00. The Bertz CT molecular complexity index is 294. The van der Waals surface area contributed by atoms with Crippen molar-refractivity contribution >= 4 is 16.0 Å². The van der Waals surface area contributed by atoms with Crippen molar-refractivity contribution in [2.24, 2.45) is 5.73 Å². The summed E-state index contributed by atoms with van der Waals surface area (Å²) in [5.74, 6) is -1.65. The lowest BCUT2D eigenvalue weighted by atomic mass is 10.4. The first-order valence-corrected chi connectivity index (χ1v) is 5.37. The van der Waals surface area contributed by atoms with Crippen LogP contribution in [0.5, 0.6) is 0 Å². The Morgan fingerprint density at radius 1 is 1.54 bits per heavy atom. The van der Waals surface area contributed by atoms with E-state index in [0.29, 0.717) is 6.42 Å². The van der Waals surface area contributed by atoms with E-state index in [2.05, 4.69) is 10.8 Å². The van der Waals surface area contributed by atoms with Gasteiger partial charge in [-0.15, -0.1) is 0 Å². The Labute approximate surface area is 77.7 Å². The van der Waals surface area contributed by atoms with Gasteiger partial charge in [-0.3, -0.25) is 4.79 Å². The predicted octanol–water partition coefficient (Wildman–Crippen LogP) is 0.132. The fourth-order valence-electron chi connectivity index (χ4n) is 0.557. The van der Waals surface area contributed by atoms with Gasteiger partial charge in [-0.05, 0) is 13.0 Å². The van der Waals surface area contributed by atoms with Gasteiger partial charge >= 0.3 is 10.1 Å². The van der Waals surface area contributed by atoms with Crippen molar-refractivity contribution in [3.05, 3.63) is 12.3 Å². The molecule has 0 bridgehead atoms. The van der Waals surface area contributed by atoms with Gasteiger partial charge in [-0.25, -0.2) is 0 Å². The highest BCUT2D eigenvalue weighted by atomic mass is 32.2. The molecule has 0 aliphatic carbocycles. The van der Waals surface area contributed by atoms with Crippen LogP contribution < -0.4 is 5.73 Å². The Kier molecular flexibility index (Phi) is 4.47. The van der Waals surface area contributed by atoms with Gasteiger partial charge < -0.3 is 9.92 Å². The fraction of sp³-hybridized carbons (Fsp3) is 0.571. The second-order valence-electron chi connectivity index (χ2n) is 2.49. The largest absolute Gasteiger partial charge is 0.377 e. The van der Waals surface area contributed by atoms with Crippen LogP contribution in [-0.2, 0) is 19.1 Å². The lowest BCUT2D eigenvalue weighted by molar-refractivity contribution is -0.116. The maximum absolute atomic E-state index is 11.0. The van der Waals surface area contributed by atoms with Gasteiger partial charge in [-0.1, -0.05) is 13.3 Å². The molecule has 0 aromatic rings. The summed E-state index contributed by atoms with van der Waals surface area (Å²) in [5.41, 5.74) is 4.74. The van der Waals surface area contributed by atoms with Gasteiger partial charge in [0, 0.05) is 0 Å². The molecule has 0 radical (unpaired) electrons. The minimum absolute atomic E-state index is 0.129. The summed E-state index contributed by atoms with van der Waals surface area (Å²) in [6, 6.07) is 0. The maximum Gasteiger partial charge on any atom is 0.309 e. The molecule has 0 heterocycles. The monoisotopic (exact) mass is 207 g/mol. The number of unbranched alkanes of at least 4 members (excludes halogenated alkanes) is 1. The third-order valence-electron chi connectivity index (χ3n) is 1.25. The summed E-state index contributed by atoms with van der Waals surface area (Å²) in [6.45, 7) is 4.92. The molecule has 0 atom stereocenters. The minimum Gasteiger partial charge on any atom is -0.377 e. The van der Waals surface area contributed by atoms with Crippen molar-refractivity contribution in [2.75, 3.05) is 5.75 Å². The van der Waals surface area contributed by atoms with E-state index in [1.807, 2.05) is 6.92 Å². The van der Waals surface area contributed by atoms with E-state index in [9.17, 15) is 13.2 Å². The highest BCUT2D eigenvalue weighted by Gasteiger charge is 2.15. The first kappa shape index (κ1) is 12.0. The molecular weight excluding hydrogens is 194 g/mol. The number of carbonyl (C=O) groups excluding carboxylic acids is 1. The molecule has 1 amide bonds. The van der Waals surface area contributed by atoms with Gasteiger partial charge in [0.1, 0.15) is 0 Å². The van der Waals surface area contributed by atoms with Crippen LogP contribution in [-0.4, -0.2) is 20.1 Å². The van der Waals surface area contributed by atoms with E-state index >= 15 is 0 Å². The summed E-state index contributed by atoms with van der Waals surface area (Å²) in [6.07, 6.45) is 1.21. The number of hydrogen-bond acceptors (Lipinski definition) is 4. The van der Waals surface area contributed by atoms with Crippen molar-refractivity contribution in [3.8, 4) is 0 Å². The minimum atomic E-state index is -3.69. The highest BCUT2D eigenvalue weighted by molar-refractivity contribution is 7.86. The van der Waals surface area contributed by atoms with Crippen LogP contribution in [0.1, 0.15) is 19.8 Å². The van der Waals surface area contributed by atoms with Crippen LogP contribution in [0, 0.1) is 0 Å². The Hall–Kier alpha value is -1.04. The summed E-state index contributed by atoms with van der Waals surface area (Å²) in [4.78, 5) is 10.4. The maximum atomic E-state index is 11.0. The summed E-state index contributed by atoms with van der Waals surface area (Å²) >= 11 is 0. The molecule has 0 saturated carbocycles. The molecule has 0 aliphatic heterocycles. The van der Waals surface area contributed by atoms with Crippen molar-refractivity contribution in [3.63, 3.8) is 0 Å². The topological polar surface area (TPSA) is 86.5 Å². The van der Waals surface area contributed by atoms with Crippen LogP contribution >= 0.6 is 0 Å². The molecule has 0 rings (SSSR count). The number of rotatable bonds is 6. The zero-order valence-electron chi connectivity index (χ0n) is 7.45. The summed E-state index contributed by atoms with van der Waals surface area (Å²) in [7, 11) is -3.69. The molecule has 13 heavy (non-hydrogen) atoms. The molecule has 6 heteroatoms. The molecular formula is C7H13NO4S. The van der Waals surface area contributed by atoms with E-state index in [-0.39, 0.29) is 5.75 Å². The fourth-order valence-corrected chi connectivity index (χ4v) is 1.67. The zero-order chi connectivity index (χ0) is 10.5. The smallest absolute Gasteiger partial charge is 0.309 e. The second-order valence-corrected chi connectivity index (χ2v) is 4.18. The predicted molar refractivity (Wildman–Crippen MR) is 48.1 cm³/mol. The van der Waals surface area contributed by atoms with E-state index in [0.717, 1.165) is 6.42 Å². The summed E-state index contributed by atoms with van der Waals surface area (Å²) < 4.78 is 26.3. The van der Waals surface area contributed by atoms with Crippen LogP contribution in [0.15, 0.2) is 12.3 Å².